The maximum absolute atomic E-state index is 12.9. The quantitative estimate of drug-likeness (QED) is 0.637. The van der Waals surface area contributed by atoms with E-state index in [1.807, 2.05) is 5.32 Å². The van der Waals surface area contributed by atoms with Gasteiger partial charge in [0.2, 0.25) is 0 Å². The van der Waals surface area contributed by atoms with Crippen molar-refractivity contribution in [2.45, 2.75) is 13.0 Å². The van der Waals surface area contributed by atoms with Gasteiger partial charge >= 0.3 is 12.0 Å². The Morgan fingerprint density at radius 3 is 2.67 bits per heavy atom. The molecule has 0 fully saturated rings. The summed E-state index contributed by atoms with van der Waals surface area (Å²) in [6.07, 6.45) is 0. The number of carboxylic acids is 1. The maximum atomic E-state index is 12.9. The minimum Gasteiger partial charge on any atom is -0.480 e. The first-order valence-corrected chi connectivity index (χ1v) is 5.11. The highest BCUT2D eigenvalue weighted by Gasteiger charge is 2.18. The molecule has 1 atom stereocenters. The van der Waals surface area contributed by atoms with E-state index in [1.165, 1.54) is 12.1 Å². The molecule has 0 aliphatic heterocycles. The van der Waals surface area contributed by atoms with E-state index in [2.05, 4.69) is 5.32 Å². The van der Waals surface area contributed by atoms with Crippen molar-refractivity contribution < 1.29 is 24.2 Å². The summed E-state index contributed by atoms with van der Waals surface area (Å²) in [7, 11) is 0. The number of nitrogens with one attached hydrogen (secondary N) is 2. The van der Waals surface area contributed by atoms with Crippen LogP contribution in [0.2, 0.25) is 0 Å². The van der Waals surface area contributed by atoms with Crippen LogP contribution in [-0.2, 0) is 4.79 Å². The summed E-state index contributed by atoms with van der Waals surface area (Å²) >= 11 is 0. The highest BCUT2D eigenvalue weighted by atomic mass is 19.1. The third kappa shape index (κ3) is 3.70. The molecule has 98 valence electrons. The first-order valence-electron chi connectivity index (χ1n) is 5.11. The molecule has 18 heavy (non-hydrogen) atoms. The number of amides is 2. The van der Waals surface area contributed by atoms with E-state index < -0.39 is 30.5 Å². The van der Waals surface area contributed by atoms with Crippen LogP contribution in [0.25, 0.3) is 0 Å². The zero-order chi connectivity index (χ0) is 13.7. The Balaban J connectivity index is 2.70. The summed E-state index contributed by atoms with van der Waals surface area (Å²) in [6.45, 7) is 0.931. The van der Waals surface area contributed by atoms with Crippen LogP contribution in [0.5, 0.6) is 0 Å². The van der Waals surface area contributed by atoms with Gasteiger partial charge in [0.25, 0.3) is 0 Å². The Kier molecular flexibility index (Phi) is 4.61. The number of carbonyl (C=O) groups is 2. The van der Waals surface area contributed by atoms with Gasteiger partial charge in [-0.25, -0.2) is 14.0 Å². The third-order valence-corrected chi connectivity index (χ3v) is 2.23. The summed E-state index contributed by atoms with van der Waals surface area (Å²) in [4.78, 5) is 22.0. The normalized spacial score (nSPS) is 11.7. The summed E-state index contributed by atoms with van der Waals surface area (Å²) in [5, 5.41) is 21.7. The predicted molar refractivity (Wildman–Crippen MR) is 61.8 cm³/mol. The second kappa shape index (κ2) is 5.97. The van der Waals surface area contributed by atoms with Gasteiger partial charge in [0.15, 0.2) is 6.04 Å². The molecule has 0 aliphatic carbocycles. The Hall–Kier alpha value is -2.15. The number of carboxylic acid groups (broad SMARTS) is 1. The Morgan fingerprint density at radius 1 is 1.44 bits per heavy atom. The van der Waals surface area contributed by atoms with Crippen LogP contribution in [0.3, 0.4) is 0 Å². The van der Waals surface area contributed by atoms with Gasteiger partial charge < -0.3 is 20.8 Å². The monoisotopic (exact) mass is 256 g/mol. The van der Waals surface area contributed by atoms with Gasteiger partial charge in [-0.05, 0) is 24.6 Å². The molecule has 4 N–H and O–H groups in total. The average molecular weight is 256 g/mol. The SMILES string of the molecule is Cc1ccc(F)cc1NC(=O)N[C@@H](CO)C(=O)O. The van der Waals surface area contributed by atoms with Crippen molar-refractivity contribution in [3.63, 3.8) is 0 Å². The van der Waals surface area contributed by atoms with Crippen molar-refractivity contribution in [1.82, 2.24) is 5.32 Å². The fourth-order valence-electron chi connectivity index (χ4n) is 1.23. The van der Waals surface area contributed by atoms with Crippen LogP contribution in [0, 0.1) is 12.7 Å². The molecule has 0 radical (unpaired) electrons. The molecular formula is C11H13FN2O4. The van der Waals surface area contributed by atoms with Crippen LogP contribution < -0.4 is 10.6 Å². The molecule has 0 aliphatic rings. The smallest absolute Gasteiger partial charge is 0.328 e. The number of aryl methyl sites for hydroxylation is 1. The van der Waals surface area contributed by atoms with Gasteiger partial charge in [-0.3, -0.25) is 0 Å². The minimum absolute atomic E-state index is 0.231. The van der Waals surface area contributed by atoms with Crippen LogP contribution >= 0.6 is 0 Å². The van der Waals surface area contributed by atoms with Crippen molar-refractivity contribution in [1.29, 1.82) is 0 Å². The molecule has 2 amide bonds. The van der Waals surface area contributed by atoms with Gasteiger partial charge in [-0.15, -0.1) is 0 Å². The summed E-state index contributed by atoms with van der Waals surface area (Å²) in [6, 6.07) is 1.60. The van der Waals surface area contributed by atoms with E-state index >= 15 is 0 Å². The number of urea groups is 1. The molecule has 0 heterocycles. The number of benzene rings is 1. The zero-order valence-corrected chi connectivity index (χ0v) is 9.61. The number of anilines is 1. The molecule has 0 bridgehead atoms. The number of aliphatic carboxylic acids is 1. The van der Waals surface area contributed by atoms with E-state index in [9.17, 15) is 14.0 Å². The highest BCUT2D eigenvalue weighted by molar-refractivity contribution is 5.92. The fourth-order valence-corrected chi connectivity index (χ4v) is 1.23. The number of aliphatic hydroxyl groups is 1. The Morgan fingerprint density at radius 2 is 2.11 bits per heavy atom. The number of halogens is 1. The minimum atomic E-state index is -1.40. The van der Waals surface area contributed by atoms with Crippen LogP contribution in [0.1, 0.15) is 5.56 Å². The van der Waals surface area contributed by atoms with Gasteiger partial charge in [-0.1, -0.05) is 6.07 Å². The molecule has 7 heteroatoms. The molecule has 6 nitrogen and oxygen atoms in total. The fraction of sp³-hybridized carbons (Fsp3) is 0.273. The van der Waals surface area contributed by atoms with Gasteiger partial charge in [0, 0.05) is 5.69 Å². The topological polar surface area (TPSA) is 98.7 Å². The van der Waals surface area contributed by atoms with E-state index in [0.29, 0.717) is 5.56 Å². The van der Waals surface area contributed by atoms with Crippen LogP contribution in [0.15, 0.2) is 18.2 Å². The number of carbonyl (C=O) groups excluding carboxylic acids is 1. The summed E-state index contributed by atoms with van der Waals surface area (Å²) in [5.74, 6) is -1.88. The van der Waals surface area contributed by atoms with Crippen LogP contribution in [-0.4, -0.2) is 34.9 Å². The Labute approximate surface area is 102 Å². The lowest BCUT2D eigenvalue weighted by molar-refractivity contribution is -0.140. The third-order valence-electron chi connectivity index (χ3n) is 2.23. The van der Waals surface area contributed by atoms with Gasteiger partial charge in [0.05, 0.1) is 6.61 Å². The number of hydrogen-bond donors (Lipinski definition) is 4. The zero-order valence-electron chi connectivity index (χ0n) is 9.61. The molecule has 0 spiro atoms. The lowest BCUT2D eigenvalue weighted by atomic mass is 10.2. The van der Waals surface area contributed by atoms with E-state index in [4.69, 9.17) is 10.2 Å². The standard InChI is InChI=1S/C11H13FN2O4/c1-6-2-3-7(12)4-8(6)13-11(18)14-9(5-15)10(16)17/h2-4,9,15H,5H2,1H3,(H,16,17)(H2,13,14,18)/t9-/m0/s1. The van der Waals surface area contributed by atoms with Crippen LogP contribution in [0.4, 0.5) is 14.9 Å². The second-order valence-electron chi connectivity index (χ2n) is 3.63. The summed E-state index contributed by atoms with van der Waals surface area (Å²) in [5.41, 5.74) is 0.858. The maximum Gasteiger partial charge on any atom is 0.328 e. The lowest BCUT2D eigenvalue weighted by Gasteiger charge is -2.13. The Bertz CT molecular complexity index is 464. The average Bonchev–Trinajstić information content (AvgIpc) is 2.30. The predicted octanol–water partition coefficient (Wildman–Crippen LogP) is 0.701. The van der Waals surface area contributed by atoms with Crippen molar-refractivity contribution in [3.8, 4) is 0 Å². The first kappa shape index (κ1) is 13.9. The molecule has 1 aromatic carbocycles. The molecular weight excluding hydrogens is 243 g/mol. The van der Waals surface area contributed by atoms with Crippen molar-refractivity contribution in [2.75, 3.05) is 11.9 Å². The van der Waals surface area contributed by atoms with E-state index in [-0.39, 0.29) is 5.69 Å². The number of aliphatic hydroxyl groups excluding tert-OH is 1. The molecule has 1 aromatic rings. The van der Waals surface area contributed by atoms with Gasteiger partial charge in [0.1, 0.15) is 5.82 Å². The molecule has 0 saturated heterocycles. The lowest BCUT2D eigenvalue weighted by Crippen LogP contribution is -2.45. The van der Waals surface area contributed by atoms with Crippen molar-refractivity contribution in [3.05, 3.63) is 29.6 Å². The van der Waals surface area contributed by atoms with E-state index in [1.54, 1.807) is 6.92 Å². The van der Waals surface area contributed by atoms with Crippen molar-refractivity contribution in [2.24, 2.45) is 0 Å². The highest BCUT2D eigenvalue weighted by Crippen LogP contribution is 2.15. The van der Waals surface area contributed by atoms with Gasteiger partial charge in [-0.2, -0.15) is 0 Å². The number of rotatable bonds is 4. The molecule has 0 aromatic heterocycles. The largest absolute Gasteiger partial charge is 0.480 e. The van der Waals surface area contributed by atoms with E-state index in [0.717, 1.165) is 6.07 Å². The molecule has 1 rings (SSSR count). The van der Waals surface area contributed by atoms with Crippen molar-refractivity contribution >= 4 is 17.7 Å². The second-order valence-corrected chi connectivity index (χ2v) is 3.63. The molecule has 0 saturated carbocycles. The first-order chi connectivity index (χ1) is 8.43. The molecule has 0 unspecified atom stereocenters. The summed E-state index contributed by atoms with van der Waals surface area (Å²) < 4.78 is 12.9. The number of hydrogen-bond acceptors (Lipinski definition) is 3.